The molecule has 1 fully saturated rings. The van der Waals surface area contributed by atoms with E-state index in [-0.39, 0.29) is 0 Å². The summed E-state index contributed by atoms with van der Waals surface area (Å²) in [5.74, 6) is 0.732. The van der Waals surface area contributed by atoms with Gasteiger partial charge in [-0.2, -0.15) is 5.26 Å². The Balaban J connectivity index is 2.02. The molecule has 0 saturated carbocycles. The fourth-order valence-corrected chi connectivity index (χ4v) is 2.18. The molecule has 1 unspecified atom stereocenters. The Morgan fingerprint density at radius 2 is 2.44 bits per heavy atom. The van der Waals surface area contributed by atoms with Crippen LogP contribution in [0.2, 0.25) is 0 Å². The Kier molecular flexibility index (Phi) is 3.43. The van der Waals surface area contributed by atoms with Gasteiger partial charge in [-0.25, -0.2) is 0 Å². The lowest BCUT2D eigenvalue weighted by molar-refractivity contribution is 0.578. The van der Waals surface area contributed by atoms with Gasteiger partial charge in [0.2, 0.25) is 0 Å². The number of hydrogen-bond acceptors (Lipinski definition) is 3. The van der Waals surface area contributed by atoms with E-state index in [9.17, 15) is 0 Å². The van der Waals surface area contributed by atoms with Crippen molar-refractivity contribution in [1.29, 1.82) is 5.26 Å². The fraction of sp³-hybridized carbons (Fsp3) is 0.462. The predicted octanol–water partition coefficient (Wildman–Crippen LogP) is 1.60. The molecule has 1 heterocycles. The number of hydrogen-bond donors (Lipinski definition) is 1. The molecule has 1 aromatic rings. The van der Waals surface area contributed by atoms with Crippen molar-refractivity contribution < 1.29 is 0 Å². The van der Waals surface area contributed by atoms with E-state index in [0.717, 1.165) is 36.8 Å². The largest absolute Gasteiger partial charge is 0.374 e. The van der Waals surface area contributed by atoms with Crippen LogP contribution in [0.5, 0.6) is 0 Å². The van der Waals surface area contributed by atoms with Crippen LogP contribution in [-0.4, -0.2) is 26.7 Å². The van der Waals surface area contributed by atoms with E-state index < -0.39 is 0 Å². The van der Waals surface area contributed by atoms with Gasteiger partial charge in [-0.3, -0.25) is 0 Å². The molecular weight excluding hydrogens is 198 g/mol. The summed E-state index contributed by atoms with van der Waals surface area (Å²) >= 11 is 0. The normalized spacial score (nSPS) is 19.4. The van der Waals surface area contributed by atoms with Crippen LogP contribution in [0.15, 0.2) is 24.3 Å². The molecule has 16 heavy (non-hydrogen) atoms. The summed E-state index contributed by atoms with van der Waals surface area (Å²) in [6.45, 7) is 3.31. The number of benzene rings is 1. The van der Waals surface area contributed by atoms with Crippen LogP contribution in [0.25, 0.3) is 0 Å². The van der Waals surface area contributed by atoms with Gasteiger partial charge < -0.3 is 10.2 Å². The predicted molar refractivity (Wildman–Crippen MR) is 65.4 cm³/mol. The topological polar surface area (TPSA) is 39.1 Å². The molecule has 3 nitrogen and oxygen atoms in total. The van der Waals surface area contributed by atoms with Crippen LogP contribution in [0.1, 0.15) is 12.0 Å². The summed E-state index contributed by atoms with van der Waals surface area (Å²) in [7, 11) is 2.09. The van der Waals surface area contributed by atoms with Crippen LogP contribution in [0, 0.1) is 17.2 Å². The lowest BCUT2D eigenvalue weighted by Gasteiger charge is -2.22. The van der Waals surface area contributed by atoms with Gasteiger partial charge in [-0.15, -0.1) is 0 Å². The van der Waals surface area contributed by atoms with Crippen molar-refractivity contribution >= 4 is 5.69 Å². The SMILES string of the molecule is CN(CC1CCNC1)c1cccc(C#N)c1. The average molecular weight is 215 g/mol. The smallest absolute Gasteiger partial charge is 0.0992 e. The molecule has 0 spiro atoms. The molecule has 0 aliphatic carbocycles. The highest BCUT2D eigenvalue weighted by molar-refractivity contribution is 5.50. The molecule has 0 radical (unpaired) electrons. The summed E-state index contributed by atoms with van der Waals surface area (Å²) in [6, 6.07) is 9.97. The third-order valence-electron chi connectivity index (χ3n) is 3.11. The zero-order valence-corrected chi connectivity index (χ0v) is 9.61. The first-order valence-electron chi connectivity index (χ1n) is 5.71. The maximum absolute atomic E-state index is 8.85. The van der Waals surface area contributed by atoms with E-state index in [1.807, 2.05) is 18.2 Å². The van der Waals surface area contributed by atoms with Crippen LogP contribution < -0.4 is 10.2 Å². The van der Waals surface area contributed by atoms with Gasteiger partial charge in [0.05, 0.1) is 11.6 Å². The Labute approximate surface area is 96.7 Å². The highest BCUT2D eigenvalue weighted by Crippen LogP contribution is 2.17. The molecule has 1 N–H and O–H groups in total. The van der Waals surface area contributed by atoms with Crippen molar-refractivity contribution in [2.24, 2.45) is 5.92 Å². The van der Waals surface area contributed by atoms with Crippen LogP contribution in [0.3, 0.4) is 0 Å². The number of nitrogens with zero attached hydrogens (tertiary/aromatic N) is 2. The second-order valence-electron chi connectivity index (χ2n) is 4.40. The molecule has 1 saturated heterocycles. The summed E-state index contributed by atoms with van der Waals surface area (Å²) in [5, 5.41) is 12.2. The highest BCUT2D eigenvalue weighted by atomic mass is 15.1. The van der Waals surface area contributed by atoms with E-state index in [1.165, 1.54) is 6.42 Å². The third-order valence-corrected chi connectivity index (χ3v) is 3.11. The van der Waals surface area contributed by atoms with Crippen molar-refractivity contribution in [3.05, 3.63) is 29.8 Å². The molecule has 1 aliphatic rings. The Hall–Kier alpha value is -1.53. The molecule has 1 atom stereocenters. The first kappa shape index (κ1) is 11.0. The number of nitrogens with one attached hydrogen (secondary N) is 1. The lowest BCUT2D eigenvalue weighted by atomic mass is 10.1. The monoisotopic (exact) mass is 215 g/mol. The van der Waals surface area contributed by atoms with Gasteiger partial charge >= 0.3 is 0 Å². The van der Waals surface area contributed by atoms with Gasteiger partial charge in [-0.1, -0.05) is 6.07 Å². The first-order valence-corrected chi connectivity index (χ1v) is 5.71. The van der Waals surface area contributed by atoms with Gasteiger partial charge in [-0.05, 0) is 43.6 Å². The fourth-order valence-electron chi connectivity index (χ4n) is 2.18. The zero-order valence-electron chi connectivity index (χ0n) is 9.61. The molecule has 0 bridgehead atoms. The summed E-state index contributed by atoms with van der Waals surface area (Å²) in [5.41, 5.74) is 1.86. The first-order chi connectivity index (χ1) is 7.79. The van der Waals surface area contributed by atoms with Crippen molar-refractivity contribution in [3.63, 3.8) is 0 Å². The third kappa shape index (κ3) is 2.53. The standard InChI is InChI=1S/C13H17N3/c1-16(10-12-5-6-15-9-12)13-4-2-3-11(7-13)8-14/h2-4,7,12,15H,5-6,9-10H2,1H3. The van der Waals surface area contributed by atoms with E-state index in [4.69, 9.17) is 5.26 Å². The van der Waals surface area contributed by atoms with Gasteiger partial charge in [0.15, 0.2) is 0 Å². The lowest BCUT2D eigenvalue weighted by Crippen LogP contribution is -2.26. The second kappa shape index (κ2) is 5.00. The van der Waals surface area contributed by atoms with Crippen molar-refractivity contribution in [2.45, 2.75) is 6.42 Å². The Morgan fingerprint density at radius 1 is 1.56 bits per heavy atom. The summed E-state index contributed by atoms with van der Waals surface area (Å²) < 4.78 is 0. The van der Waals surface area contributed by atoms with E-state index in [0.29, 0.717) is 0 Å². The Morgan fingerprint density at radius 3 is 3.12 bits per heavy atom. The highest BCUT2D eigenvalue weighted by Gasteiger charge is 2.16. The molecule has 0 aromatic heterocycles. The number of nitriles is 1. The van der Waals surface area contributed by atoms with Crippen LogP contribution >= 0.6 is 0 Å². The van der Waals surface area contributed by atoms with Crippen molar-refractivity contribution in [1.82, 2.24) is 5.32 Å². The quantitative estimate of drug-likeness (QED) is 0.832. The maximum Gasteiger partial charge on any atom is 0.0992 e. The minimum atomic E-state index is 0.730. The molecular formula is C13H17N3. The minimum Gasteiger partial charge on any atom is -0.374 e. The minimum absolute atomic E-state index is 0.730. The van der Waals surface area contributed by atoms with E-state index in [2.05, 4.69) is 29.4 Å². The molecule has 1 aromatic carbocycles. The Bertz CT molecular complexity index is 388. The van der Waals surface area contributed by atoms with E-state index >= 15 is 0 Å². The van der Waals surface area contributed by atoms with Crippen LogP contribution in [0.4, 0.5) is 5.69 Å². The van der Waals surface area contributed by atoms with Crippen LogP contribution in [-0.2, 0) is 0 Å². The molecule has 84 valence electrons. The van der Waals surface area contributed by atoms with Gasteiger partial charge in [0.25, 0.3) is 0 Å². The molecule has 2 rings (SSSR count). The molecule has 1 aliphatic heterocycles. The maximum atomic E-state index is 8.85. The van der Waals surface area contributed by atoms with Crippen molar-refractivity contribution in [2.75, 3.05) is 31.6 Å². The second-order valence-corrected chi connectivity index (χ2v) is 4.40. The number of anilines is 1. The number of rotatable bonds is 3. The van der Waals surface area contributed by atoms with E-state index in [1.54, 1.807) is 0 Å². The van der Waals surface area contributed by atoms with Crippen molar-refractivity contribution in [3.8, 4) is 6.07 Å². The average Bonchev–Trinajstić information content (AvgIpc) is 2.82. The zero-order chi connectivity index (χ0) is 11.4. The van der Waals surface area contributed by atoms with Gasteiger partial charge in [0, 0.05) is 19.3 Å². The molecule has 3 heteroatoms. The van der Waals surface area contributed by atoms with Gasteiger partial charge in [0.1, 0.15) is 0 Å². The summed E-state index contributed by atoms with van der Waals surface area (Å²) in [6.07, 6.45) is 1.25. The molecule has 0 amide bonds. The summed E-state index contributed by atoms with van der Waals surface area (Å²) in [4.78, 5) is 2.23.